The molecule has 0 aliphatic heterocycles. The Morgan fingerprint density at radius 3 is 2.23 bits per heavy atom. The lowest BCUT2D eigenvalue weighted by Gasteiger charge is -2.26. The second-order valence-electron chi connectivity index (χ2n) is 6.33. The maximum absolute atomic E-state index is 14.4. The van der Waals surface area contributed by atoms with Crippen molar-refractivity contribution in [2.24, 2.45) is 0 Å². The molecule has 0 spiro atoms. The molecular formula is C22H22FNO5S. The number of nitrogens with zero attached hydrogens (tertiary/aromatic N) is 1. The van der Waals surface area contributed by atoms with Crippen LogP contribution in [-0.4, -0.2) is 29.7 Å². The minimum atomic E-state index is -4.23. The number of anilines is 1. The lowest BCUT2D eigenvalue weighted by Crippen LogP contribution is -2.31. The molecule has 0 amide bonds. The second-order valence-corrected chi connectivity index (χ2v) is 8.16. The van der Waals surface area contributed by atoms with E-state index in [1.165, 1.54) is 45.6 Å². The summed E-state index contributed by atoms with van der Waals surface area (Å²) in [6, 6.07) is 17.0. The Labute approximate surface area is 175 Å². The van der Waals surface area contributed by atoms with Gasteiger partial charge in [-0.2, -0.15) is 0 Å². The summed E-state index contributed by atoms with van der Waals surface area (Å²) < 4.78 is 58.2. The maximum Gasteiger partial charge on any atom is 0.267 e. The molecule has 8 heteroatoms. The quantitative estimate of drug-likeness (QED) is 0.534. The van der Waals surface area contributed by atoms with Crippen LogP contribution in [0.2, 0.25) is 0 Å². The first-order valence-corrected chi connectivity index (χ1v) is 10.5. The van der Waals surface area contributed by atoms with Crippen LogP contribution in [0.3, 0.4) is 0 Å². The number of rotatable bonds is 8. The Balaban J connectivity index is 2.15. The third-order valence-electron chi connectivity index (χ3n) is 4.52. The van der Waals surface area contributed by atoms with Crippen LogP contribution >= 0.6 is 0 Å². The van der Waals surface area contributed by atoms with Crippen molar-refractivity contribution in [2.45, 2.75) is 11.4 Å². The van der Waals surface area contributed by atoms with E-state index in [1.807, 2.05) is 0 Å². The molecule has 0 N–H and O–H groups in total. The molecule has 3 rings (SSSR count). The standard InChI is InChI=1S/C22H22FNO5S/c1-27-18-8-6-7-16(13-18)15-24(17-11-12-20(28-2)21(14-17)29-3)30(25,26)22-10-5-4-9-19(22)23/h4-14H,15H2,1-3H3. The van der Waals surface area contributed by atoms with E-state index in [4.69, 9.17) is 14.2 Å². The van der Waals surface area contributed by atoms with E-state index in [-0.39, 0.29) is 6.54 Å². The van der Waals surface area contributed by atoms with Gasteiger partial charge in [0.15, 0.2) is 11.5 Å². The third kappa shape index (κ3) is 4.33. The minimum Gasteiger partial charge on any atom is -0.497 e. The summed E-state index contributed by atoms with van der Waals surface area (Å²) in [5.41, 5.74) is 0.975. The number of hydrogen-bond acceptors (Lipinski definition) is 5. The molecule has 0 aliphatic carbocycles. The fourth-order valence-electron chi connectivity index (χ4n) is 3.00. The van der Waals surface area contributed by atoms with Crippen molar-refractivity contribution in [3.63, 3.8) is 0 Å². The van der Waals surface area contributed by atoms with Gasteiger partial charge in [0.1, 0.15) is 16.5 Å². The number of ether oxygens (including phenoxy) is 3. The van der Waals surface area contributed by atoms with Crippen molar-refractivity contribution < 1.29 is 27.0 Å². The van der Waals surface area contributed by atoms with E-state index in [1.54, 1.807) is 36.4 Å². The largest absolute Gasteiger partial charge is 0.497 e. The van der Waals surface area contributed by atoms with Gasteiger partial charge >= 0.3 is 0 Å². The van der Waals surface area contributed by atoms with Crippen LogP contribution in [0.25, 0.3) is 0 Å². The molecule has 30 heavy (non-hydrogen) atoms. The van der Waals surface area contributed by atoms with Crippen LogP contribution in [-0.2, 0) is 16.6 Å². The van der Waals surface area contributed by atoms with Gasteiger partial charge < -0.3 is 14.2 Å². The molecule has 158 valence electrons. The lowest BCUT2D eigenvalue weighted by molar-refractivity contribution is 0.355. The van der Waals surface area contributed by atoms with Crippen LogP contribution in [0, 0.1) is 5.82 Å². The van der Waals surface area contributed by atoms with E-state index < -0.39 is 20.7 Å². The predicted octanol–water partition coefficient (Wildman–Crippen LogP) is 4.25. The summed E-state index contributed by atoms with van der Waals surface area (Å²) in [7, 11) is 0.249. The van der Waals surface area contributed by atoms with Crippen molar-refractivity contribution in [3.8, 4) is 17.2 Å². The molecule has 0 radical (unpaired) electrons. The molecule has 0 saturated heterocycles. The number of hydrogen-bond donors (Lipinski definition) is 0. The zero-order valence-corrected chi connectivity index (χ0v) is 17.6. The van der Waals surface area contributed by atoms with Crippen LogP contribution < -0.4 is 18.5 Å². The summed E-state index contributed by atoms with van der Waals surface area (Å²) in [4.78, 5) is -0.414. The van der Waals surface area contributed by atoms with Crippen molar-refractivity contribution in [1.82, 2.24) is 0 Å². The molecular weight excluding hydrogens is 409 g/mol. The van der Waals surface area contributed by atoms with Gasteiger partial charge in [-0.1, -0.05) is 24.3 Å². The number of benzene rings is 3. The fraction of sp³-hybridized carbons (Fsp3) is 0.182. The average Bonchev–Trinajstić information content (AvgIpc) is 2.77. The van der Waals surface area contributed by atoms with Crippen LogP contribution in [0.4, 0.5) is 10.1 Å². The maximum atomic E-state index is 14.4. The normalized spacial score (nSPS) is 11.1. The van der Waals surface area contributed by atoms with Gasteiger partial charge in [0.05, 0.1) is 33.6 Å². The minimum absolute atomic E-state index is 0.0383. The SMILES string of the molecule is COc1cccc(CN(c2ccc(OC)c(OC)c2)S(=O)(=O)c2ccccc2F)c1. The zero-order chi connectivity index (χ0) is 21.7. The molecule has 3 aromatic rings. The zero-order valence-electron chi connectivity index (χ0n) is 16.8. The first-order valence-electron chi connectivity index (χ1n) is 9.03. The average molecular weight is 431 g/mol. The van der Waals surface area contributed by atoms with Crippen molar-refractivity contribution in [3.05, 3.63) is 78.1 Å². The van der Waals surface area contributed by atoms with Crippen molar-refractivity contribution in [2.75, 3.05) is 25.6 Å². The first kappa shape index (κ1) is 21.4. The number of halogens is 1. The Morgan fingerprint density at radius 1 is 0.833 bits per heavy atom. The van der Waals surface area contributed by atoms with E-state index in [0.717, 1.165) is 10.4 Å². The molecule has 0 bridgehead atoms. The molecule has 0 saturated carbocycles. The second kappa shape index (κ2) is 9.04. The van der Waals surface area contributed by atoms with Crippen molar-refractivity contribution >= 4 is 15.7 Å². The molecule has 0 heterocycles. The highest BCUT2D eigenvalue weighted by molar-refractivity contribution is 7.92. The smallest absolute Gasteiger partial charge is 0.267 e. The highest BCUT2D eigenvalue weighted by Crippen LogP contribution is 2.35. The summed E-state index contributed by atoms with van der Waals surface area (Å²) >= 11 is 0. The van der Waals surface area contributed by atoms with Gasteiger partial charge in [0.2, 0.25) is 0 Å². The summed E-state index contributed by atoms with van der Waals surface area (Å²) in [5.74, 6) is 0.567. The molecule has 0 atom stereocenters. The summed E-state index contributed by atoms with van der Waals surface area (Å²) in [5, 5.41) is 0. The molecule has 0 aromatic heterocycles. The van der Waals surface area contributed by atoms with Gasteiger partial charge in [-0.25, -0.2) is 12.8 Å². The van der Waals surface area contributed by atoms with Gasteiger partial charge in [-0.3, -0.25) is 4.31 Å². The molecule has 0 fully saturated rings. The highest BCUT2D eigenvalue weighted by Gasteiger charge is 2.29. The van der Waals surface area contributed by atoms with Crippen LogP contribution in [0.5, 0.6) is 17.2 Å². The van der Waals surface area contributed by atoms with E-state index in [0.29, 0.717) is 28.5 Å². The lowest BCUT2D eigenvalue weighted by atomic mass is 10.2. The Morgan fingerprint density at radius 2 is 1.57 bits per heavy atom. The van der Waals surface area contributed by atoms with E-state index in [9.17, 15) is 12.8 Å². The van der Waals surface area contributed by atoms with Gasteiger partial charge in [-0.05, 0) is 42.0 Å². The van der Waals surface area contributed by atoms with Gasteiger partial charge in [0, 0.05) is 6.07 Å². The Bertz CT molecular complexity index is 1130. The van der Waals surface area contributed by atoms with E-state index in [2.05, 4.69) is 0 Å². The van der Waals surface area contributed by atoms with Gasteiger partial charge in [0.25, 0.3) is 10.0 Å². The van der Waals surface area contributed by atoms with Gasteiger partial charge in [-0.15, -0.1) is 0 Å². The molecule has 0 unspecified atom stereocenters. The first-order chi connectivity index (χ1) is 14.4. The molecule has 0 aliphatic rings. The highest BCUT2D eigenvalue weighted by atomic mass is 32.2. The Kier molecular flexibility index (Phi) is 6.47. The molecule has 3 aromatic carbocycles. The summed E-state index contributed by atoms with van der Waals surface area (Å²) in [6.45, 7) is -0.0383. The van der Waals surface area contributed by atoms with Crippen LogP contribution in [0.1, 0.15) is 5.56 Å². The Hall–Kier alpha value is -3.26. The van der Waals surface area contributed by atoms with E-state index >= 15 is 0 Å². The molecule has 6 nitrogen and oxygen atoms in total. The number of methoxy groups -OCH3 is 3. The third-order valence-corrected chi connectivity index (χ3v) is 6.33. The predicted molar refractivity (Wildman–Crippen MR) is 112 cm³/mol. The summed E-state index contributed by atoms with van der Waals surface area (Å²) in [6.07, 6.45) is 0. The fourth-order valence-corrected chi connectivity index (χ4v) is 4.52. The topological polar surface area (TPSA) is 65.1 Å². The monoisotopic (exact) mass is 431 g/mol. The van der Waals surface area contributed by atoms with Crippen LogP contribution in [0.15, 0.2) is 71.6 Å². The number of sulfonamides is 1. The van der Waals surface area contributed by atoms with Crippen molar-refractivity contribution in [1.29, 1.82) is 0 Å².